The molecule has 1 aromatic rings. The third-order valence-electron chi connectivity index (χ3n) is 2.66. The van der Waals surface area contributed by atoms with Gasteiger partial charge >= 0.3 is 0 Å². The van der Waals surface area contributed by atoms with Crippen LogP contribution >= 0.6 is 11.8 Å². The van der Waals surface area contributed by atoms with Crippen LogP contribution in [0.4, 0.5) is 5.95 Å². The average Bonchev–Trinajstić information content (AvgIpc) is 2.35. The molecule has 0 aliphatic heterocycles. The zero-order chi connectivity index (χ0) is 12.7. The van der Waals surface area contributed by atoms with E-state index in [1.807, 2.05) is 18.0 Å². The molecule has 4 heteroatoms. The third kappa shape index (κ3) is 4.94. The van der Waals surface area contributed by atoms with Crippen molar-refractivity contribution >= 4 is 17.7 Å². The Morgan fingerprint density at radius 1 is 1.41 bits per heavy atom. The van der Waals surface area contributed by atoms with E-state index in [9.17, 15) is 0 Å². The van der Waals surface area contributed by atoms with E-state index in [0.29, 0.717) is 0 Å². The van der Waals surface area contributed by atoms with Crippen LogP contribution in [-0.4, -0.2) is 22.3 Å². The molecule has 0 aliphatic rings. The lowest BCUT2D eigenvalue weighted by molar-refractivity contribution is 0.636. The van der Waals surface area contributed by atoms with Crippen LogP contribution < -0.4 is 5.32 Å². The maximum atomic E-state index is 4.56. The number of thioether (sulfide) groups is 1. The summed E-state index contributed by atoms with van der Waals surface area (Å²) in [6, 6.07) is 0. The molecular weight excluding hydrogens is 230 g/mol. The van der Waals surface area contributed by atoms with E-state index in [-0.39, 0.29) is 0 Å². The highest BCUT2D eigenvalue weighted by Crippen LogP contribution is 2.23. The quantitative estimate of drug-likeness (QED) is 0.593. The smallest absolute Gasteiger partial charge is 0.223 e. The molecule has 3 nitrogen and oxygen atoms in total. The summed E-state index contributed by atoms with van der Waals surface area (Å²) in [6.07, 6.45) is 4.22. The topological polar surface area (TPSA) is 37.8 Å². The van der Waals surface area contributed by atoms with Crippen molar-refractivity contribution in [3.05, 3.63) is 11.8 Å². The van der Waals surface area contributed by atoms with Gasteiger partial charge in [-0.25, -0.2) is 9.97 Å². The fourth-order valence-corrected chi connectivity index (χ4v) is 2.34. The fourth-order valence-electron chi connectivity index (χ4n) is 1.23. The van der Waals surface area contributed by atoms with Crippen LogP contribution in [-0.2, 0) is 0 Å². The number of aryl methyl sites for hydroxylation is 1. The number of hydrogen-bond acceptors (Lipinski definition) is 4. The molecule has 1 N–H and O–H groups in total. The van der Waals surface area contributed by atoms with Gasteiger partial charge in [0, 0.05) is 18.5 Å². The van der Waals surface area contributed by atoms with E-state index in [0.717, 1.165) is 35.6 Å². The summed E-state index contributed by atoms with van der Waals surface area (Å²) in [5, 5.41) is 4.34. The van der Waals surface area contributed by atoms with Gasteiger partial charge in [0.05, 0.1) is 0 Å². The minimum Gasteiger partial charge on any atom is -0.354 e. The number of nitrogens with one attached hydrogen (secondary N) is 1. The van der Waals surface area contributed by atoms with Crippen LogP contribution in [0.5, 0.6) is 0 Å². The molecule has 0 spiro atoms. The van der Waals surface area contributed by atoms with Crippen molar-refractivity contribution in [3.63, 3.8) is 0 Å². The van der Waals surface area contributed by atoms with E-state index in [1.165, 1.54) is 12.0 Å². The average molecular weight is 253 g/mol. The first-order valence-corrected chi connectivity index (χ1v) is 7.36. The first kappa shape index (κ1) is 14.3. The van der Waals surface area contributed by atoms with Gasteiger partial charge in [-0.15, -0.1) is 11.8 Å². The molecule has 17 heavy (non-hydrogen) atoms. The van der Waals surface area contributed by atoms with Crippen molar-refractivity contribution < 1.29 is 0 Å². The van der Waals surface area contributed by atoms with Gasteiger partial charge in [-0.1, -0.05) is 27.2 Å². The maximum Gasteiger partial charge on any atom is 0.223 e. The van der Waals surface area contributed by atoms with Crippen LogP contribution in [0.2, 0.25) is 0 Å². The molecule has 0 fully saturated rings. The van der Waals surface area contributed by atoms with Gasteiger partial charge in [0.1, 0.15) is 5.03 Å². The van der Waals surface area contributed by atoms with Crippen molar-refractivity contribution in [2.24, 2.45) is 5.92 Å². The van der Waals surface area contributed by atoms with E-state index >= 15 is 0 Å². The van der Waals surface area contributed by atoms with Crippen LogP contribution in [0.15, 0.2) is 11.2 Å². The number of aromatic nitrogens is 2. The normalized spacial score (nSPS) is 12.5. The first-order valence-electron chi connectivity index (χ1n) is 6.37. The second-order valence-electron chi connectivity index (χ2n) is 4.43. The molecule has 1 atom stereocenters. The minimum atomic E-state index is 0.737. The van der Waals surface area contributed by atoms with Gasteiger partial charge in [0.15, 0.2) is 0 Å². The number of anilines is 1. The van der Waals surface area contributed by atoms with Gasteiger partial charge < -0.3 is 5.32 Å². The van der Waals surface area contributed by atoms with Gasteiger partial charge in [-0.05, 0) is 24.8 Å². The highest BCUT2D eigenvalue weighted by atomic mass is 32.2. The molecule has 0 aliphatic carbocycles. The highest BCUT2D eigenvalue weighted by Gasteiger charge is 2.06. The Bertz CT molecular complexity index is 341. The van der Waals surface area contributed by atoms with E-state index in [1.54, 1.807) is 0 Å². The summed E-state index contributed by atoms with van der Waals surface area (Å²) in [6.45, 7) is 9.65. The summed E-state index contributed by atoms with van der Waals surface area (Å²) in [5.41, 5.74) is 1.17. The van der Waals surface area contributed by atoms with Crippen LogP contribution in [0.25, 0.3) is 0 Å². The summed E-state index contributed by atoms with van der Waals surface area (Å²) in [7, 11) is 0. The van der Waals surface area contributed by atoms with Crippen molar-refractivity contribution in [1.82, 2.24) is 9.97 Å². The Morgan fingerprint density at radius 3 is 2.82 bits per heavy atom. The second-order valence-corrected chi connectivity index (χ2v) is 5.44. The lowest BCUT2D eigenvalue weighted by Gasteiger charge is -2.10. The van der Waals surface area contributed by atoms with E-state index in [2.05, 4.69) is 43.0 Å². The first-order chi connectivity index (χ1) is 8.17. The van der Waals surface area contributed by atoms with Crippen LogP contribution in [0.3, 0.4) is 0 Å². The van der Waals surface area contributed by atoms with Gasteiger partial charge in [-0.3, -0.25) is 0 Å². The highest BCUT2D eigenvalue weighted by molar-refractivity contribution is 7.99. The molecule has 1 unspecified atom stereocenters. The Balaban J connectivity index is 2.62. The largest absolute Gasteiger partial charge is 0.354 e. The predicted octanol–water partition coefficient (Wildman–Crippen LogP) is 3.75. The summed E-state index contributed by atoms with van der Waals surface area (Å²) in [5.74, 6) is 2.62. The molecule has 1 heterocycles. The fraction of sp³-hybridized carbons (Fsp3) is 0.692. The maximum absolute atomic E-state index is 4.56. The summed E-state index contributed by atoms with van der Waals surface area (Å²) >= 11 is 1.84. The third-order valence-corrected chi connectivity index (χ3v) is 4.08. The number of hydrogen-bond donors (Lipinski definition) is 1. The summed E-state index contributed by atoms with van der Waals surface area (Å²) < 4.78 is 0. The van der Waals surface area contributed by atoms with Crippen molar-refractivity contribution in [1.29, 1.82) is 0 Å². The molecule has 0 amide bonds. The van der Waals surface area contributed by atoms with Crippen molar-refractivity contribution in [2.45, 2.75) is 45.6 Å². The Morgan fingerprint density at radius 2 is 2.18 bits per heavy atom. The molecule has 1 aromatic heterocycles. The summed E-state index contributed by atoms with van der Waals surface area (Å²) in [4.78, 5) is 8.84. The molecule has 0 saturated carbocycles. The predicted molar refractivity (Wildman–Crippen MR) is 75.7 cm³/mol. The monoisotopic (exact) mass is 253 g/mol. The minimum absolute atomic E-state index is 0.737. The molecule has 0 aromatic carbocycles. The van der Waals surface area contributed by atoms with Gasteiger partial charge in [0.2, 0.25) is 5.95 Å². The molecule has 96 valence electrons. The lowest BCUT2D eigenvalue weighted by Crippen LogP contribution is -2.06. The SMILES string of the molecule is CCCNc1ncc(C)c(SCC(C)CC)n1. The molecule has 0 radical (unpaired) electrons. The zero-order valence-corrected chi connectivity index (χ0v) is 12.1. The lowest BCUT2D eigenvalue weighted by atomic mass is 10.2. The molecule has 1 rings (SSSR count). The van der Waals surface area contributed by atoms with E-state index < -0.39 is 0 Å². The van der Waals surface area contributed by atoms with Crippen molar-refractivity contribution in [3.8, 4) is 0 Å². The second kappa shape index (κ2) is 7.54. The molecule has 0 bridgehead atoms. The Kier molecular flexibility index (Phi) is 6.34. The van der Waals surface area contributed by atoms with Crippen LogP contribution in [0, 0.1) is 12.8 Å². The van der Waals surface area contributed by atoms with Crippen molar-refractivity contribution in [2.75, 3.05) is 17.6 Å². The van der Waals surface area contributed by atoms with Gasteiger partial charge in [0.25, 0.3) is 0 Å². The van der Waals surface area contributed by atoms with Gasteiger partial charge in [-0.2, -0.15) is 0 Å². The Labute approximate surface area is 109 Å². The standard InChI is InChI=1S/C13H23N3S/c1-5-7-14-13-15-8-11(4)12(16-13)17-9-10(3)6-2/h8,10H,5-7,9H2,1-4H3,(H,14,15,16). The zero-order valence-electron chi connectivity index (χ0n) is 11.3. The molecular formula is C13H23N3S. The Hall–Kier alpha value is -0.770. The van der Waals surface area contributed by atoms with E-state index in [4.69, 9.17) is 0 Å². The number of rotatable bonds is 7. The number of nitrogens with zero attached hydrogens (tertiary/aromatic N) is 2. The van der Waals surface area contributed by atoms with Crippen LogP contribution in [0.1, 0.15) is 39.2 Å². The molecule has 0 saturated heterocycles.